The Morgan fingerprint density at radius 1 is 0.970 bits per heavy atom. The molecule has 3 rings (SSSR count). The first kappa shape index (κ1) is 23.7. The fourth-order valence-corrected chi connectivity index (χ4v) is 3.07. The zero-order valence-electron chi connectivity index (χ0n) is 18.3. The summed E-state index contributed by atoms with van der Waals surface area (Å²) in [5, 5.41) is 4.52. The highest BCUT2D eigenvalue weighted by Gasteiger charge is 2.15. The van der Waals surface area contributed by atoms with Crippen LogP contribution >= 0.6 is 12.2 Å². The molecule has 0 aromatic heterocycles. The largest absolute Gasteiger partial charge is 0.494 e. The number of carbonyl (C=O) groups is 2. The van der Waals surface area contributed by atoms with E-state index in [1.807, 2.05) is 67.6 Å². The summed E-state index contributed by atoms with van der Waals surface area (Å²) in [5.74, 6) is 0.464. The van der Waals surface area contributed by atoms with E-state index in [1.165, 1.54) is 6.08 Å². The summed E-state index contributed by atoms with van der Waals surface area (Å²) in [6.07, 6.45) is 2.21. The predicted octanol–water partition coefficient (Wildman–Crippen LogP) is 3.74. The molecule has 170 valence electrons. The van der Waals surface area contributed by atoms with Crippen molar-refractivity contribution >= 4 is 46.0 Å². The number of amides is 2. The van der Waals surface area contributed by atoms with E-state index in [0.29, 0.717) is 12.4 Å². The molecule has 3 N–H and O–H groups in total. The topological polar surface area (TPSA) is 88.7 Å². The van der Waals surface area contributed by atoms with Gasteiger partial charge in [-0.1, -0.05) is 42.5 Å². The molecule has 33 heavy (non-hydrogen) atoms. The monoisotopic (exact) mass is 463 g/mol. The maximum absolute atomic E-state index is 12.3. The molecule has 8 heteroatoms. The van der Waals surface area contributed by atoms with Gasteiger partial charge in [0.15, 0.2) is 11.2 Å². The lowest BCUT2D eigenvalue weighted by Gasteiger charge is -2.16. The summed E-state index contributed by atoms with van der Waals surface area (Å²) in [4.78, 5) is 24.3. The molecule has 0 saturated carbocycles. The fourth-order valence-electron chi connectivity index (χ4n) is 2.92. The van der Waals surface area contributed by atoms with E-state index in [0.717, 1.165) is 22.1 Å². The van der Waals surface area contributed by atoms with Crippen molar-refractivity contribution in [2.75, 3.05) is 6.61 Å². The first-order valence-electron chi connectivity index (χ1n) is 10.4. The van der Waals surface area contributed by atoms with Crippen molar-refractivity contribution in [3.8, 4) is 11.5 Å². The van der Waals surface area contributed by atoms with Crippen molar-refractivity contribution in [3.63, 3.8) is 0 Å². The maximum Gasteiger partial charge on any atom is 0.279 e. The third-order valence-electron chi connectivity index (χ3n) is 4.56. The van der Waals surface area contributed by atoms with Crippen LogP contribution in [0.25, 0.3) is 16.8 Å². The minimum absolute atomic E-state index is 0.0393. The van der Waals surface area contributed by atoms with Crippen LogP contribution in [-0.2, 0) is 9.59 Å². The number of nitrogens with one attached hydrogen (secondary N) is 3. The lowest BCUT2D eigenvalue weighted by molar-refractivity contribution is -0.128. The number of ether oxygens (including phenoxy) is 2. The molecule has 0 radical (unpaired) electrons. The van der Waals surface area contributed by atoms with Gasteiger partial charge < -0.3 is 9.47 Å². The van der Waals surface area contributed by atoms with Gasteiger partial charge in [0.2, 0.25) is 5.91 Å². The molecule has 0 bridgehead atoms. The van der Waals surface area contributed by atoms with Crippen LogP contribution in [0.3, 0.4) is 0 Å². The van der Waals surface area contributed by atoms with E-state index in [-0.39, 0.29) is 5.11 Å². The van der Waals surface area contributed by atoms with Crippen molar-refractivity contribution in [2.24, 2.45) is 0 Å². The first-order valence-corrected chi connectivity index (χ1v) is 10.8. The molecule has 0 heterocycles. The lowest BCUT2D eigenvalue weighted by Crippen LogP contribution is -2.51. The van der Waals surface area contributed by atoms with Gasteiger partial charge in [0, 0.05) is 6.08 Å². The van der Waals surface area contributed by atoms with Gasteiger partial charge in [0.05, 0.1) is 6.61 Å². The zero-order valence-corrected chi connectivity index (χ0v) is 19.1. The van der Waals surface area contributed by atoms with E-state index < -0.39 is 17.9 Å². The number of thiocarbonyl (C=S) groups is 1. The van der Waals surface area contributed by atoms with Crippen LogP contribution in [-0.4, -0.2) is 29.6 Å². The van der Waals surface area contributed by atoms with E-state index in [9.17, 15) is 9.59 Å². The van der Waals surface area contributed by atoms with Gasteiger partial charge in [0.25, 0.3) is 5.91 Å². The third kappa shape index (κ3) is 7.33. The van der Waals surface area contributed by atoms with Gasteiger partial charge in [-0.25, -0.2) is 0 Å². The molecule has 0 saturated heterocycles. The van der Waals surface area contributed by atoms with Crippen molar-refractivity contribution in [1.29, 1.82) is 0 Å². The summed E-state index contributed by atoms with van der Waals surface area (Å²) < 4.78 is 11.1. The molecule has 2 amide bonds. The second kappa shape index (κ2) is 11.6. The van der Waals surface area contributed by atoms with Crippen molar-refractivity contribution in [1.82, 2.24) is 16.2 Å². The standard InChI is InChI=1S/C25H25N3O4S/c1-3-31-21-12-8-18(9-13-21)10-15-23(29)26-25(33)28-27-24(30)17(2)32-22-14-11-19-6-4-5-7-20(19)16-22/h4-17H,3H2,1-2H3,(H,27,30)(H2,26,28,29,33)/b15-10+. The number of benzene rings is 3. The Morgan fingerprint density at radius 3 is 2.39 bits per heavy atom. The molecule has 1 unspecified atom stereocenters. The molecule has 3 aromatic carbocycles. The van der Waals surface area contributed by atoms with E-state index >= 15 is 0 Å². The molecule has 1 atom stereocenters. The number of hydrogen-bond donors (Lipinski definition) is 3. The van der Waals surface area contributed by atoms with Gasteiger partial charge in [-0.15, -0.1) is 0 Å². The van der Waals surface area contributed by atoms with Crippen LogP contribution in [0.2, 0.25) is 0 Å². The molecule has 0 aliphatic rings. The highest BCUT2D eigenvalue weighted by Crippen LogP contribution is 2.21. The molecule has 7 nitrogen and oxygen atoms in total. The first-order chi connectivity index (χ1) is 15.9. The molecule has 0 aliphatic heterocycles. The van der Waals surface area contributed by atoms with Gasteiger partial charge in [-0.05, 0) is 72.7 Å². The normalized spacial score (nSPS) is 11.6. The second-order valence-electron chi connectivity index (χ2n) is 7.04. The Balaban J connectivity index is 1.43. The van der Waals surface area contributed by atoms with Crippen LogP contribution in [0, 0.1) is 0 Å². The molecule has 0 fully saturated rings. The fraction of sp³-hybridized carbons (Fsp3) is 0.160. The number of rotatable bonds is 7. The smallest absolute Gasteiger partial charge is 0.279 e. The van der Waals surface area contributed by atoms with Gasteiger partial charge in [-0.3, -0.25) is 25.8 Å². The Morgan fingerprint density at radius 2 is 1.67 bits per heavy atom. The molecule has 0 spiro atoms. The Kier molecular flexibility index (Phi) is 8.37. The van der Waals surface area contributed by atoms with Crippen LogP contribution < -0.4 is 25.6 Å². The molecular formula is C25H25N3O4S. The van der Waals surface area contributed by atoms with Crippen LogP contribution in [0.4, 0.5) is 0 Å². The third-order valence-corrected chi connectivity index (χ3v) is 4.76. The van der Waals surface area contributed by atoms with E-state index in [4.69, 9.17) is 21.7 Å². The molecular weight excluding hydrogens is 438 g/mol. The lowest BCUT2D eigenvalue weighted by atomic mass is 10.1. The van der Waals surface area contributed by atoms with E-state index in [1.54, 1.807) is 19.1 Å². The Labute approximate surface area is 197 Å². The highest BCUT2D eigenvalue weighted by atomic mass is 32.1. The number of fused-ring (bicyclic) bond motifs is 1. The van der Waals surface area contributed by atoms with Crippen molar-refractivity contribution < 1.29 is 19.1 Å². The molecule has 0 aliphatic carbocycles. The Hall–Kier alpha value is -3.91. The highest BCUT2D eigenvalue weighted by molar-refractivity contribution is 7.80. The van der Waals surface area contributed by atoms with Gasteiger partial charge >= 0.3 is 0 Å². The number of hydrazine groups is 1. The Bertz CT molecular complexity index is 1160. The van der Waals surface area contributed by atoms with Crippen LogP contribution in [0.1, 0.15) is 19.4 Å². The molecule has 3 aromatic rings. The average Bonchev–Trinajstić information content (AvgIpc) is 2.82. The zero-order chi connectivity index (χ0) is 23.6. The van der Waals surface area contributed by atoms with Crippen molar-refractivity contribution in [2.45, 2.75) is 20.0 Å². The van der Waals surface area contributed by atoms with Crippen LogP contribution in [0.15, 0.2) is 72.8 Å². The second-order valence-corrected chi connectivity index (χ2v) is 7.45. The van der Waals surface area contributed by atoms with E-state index in [2.05, 4.69) is 16.2 Å². The summed E-state index contributed by atoms with van der Waals surface area (Å²) in [6.45, 7) is 4.12. The quantitative estimate of drug-likeness (QED) is 0.281. The minimum Gasteiger partial charge on any atom is -0.494 e. The SMILES string of the molecule is CCOc1ccc(/C=C/C(=O)NC(=S)NNC(=O)C(C)Oc2ccc3ccccc3c2)cc1. The minimum atomic E-state index is -0.781. The summed E-state index contributed by atoms with van der Waals surface area (Å²) in [7, 11) is 0. The van der Waals surface area contributed by atoms with Crippen LogP contribution in [0.5, 0.6) is 11.5 Å². The average molecular weight is 464 g/mol. The summed E-state index contributed by atoms with van der Waals surface area (Å²) in [5.41, 5.74) is 5.76. The summed E-state index contributed by atoms with van der Waals surface area (Å²) in [6, 6.07) is 20.8. The number of hydrogen-bond acceptors (Lipinski definition) is 5. The number of carbonyl (C=O) groups excluding carboxylic acids is 2. The maximum atomic E-state index is 12.3. The van der Waals surface area contributed by atoms with Crippen molar-refractivity contribution in [3.05, 3.63) is 78.4 Å². The predicted molar refractivity (Wildman–Crippen MR) is 133 cm³/mol. The van der Waals surface area contributed by atoms with Gasteiger partial charge in [-0.2, -0.15) is 0 Å². The van der Waals surface area contributed by atoms with Gasteiger partial charge in [0.1, 0.15) is 11.5 Å². The summed E-state index contributed by atoms with van der Waals surface area (Å²) >= 11 is 5.05.